The largest absolute Gasteiger partial charge is 0.357 e. The molecule has 0 atom stereocenters. The van der Waals surface area contributed by atoms with Gasteiger partial charge in [-0.1, -0.05) is 48.5 Å². The van der Waals surface area contributed by atoms with E-state index in [2.05, 4.69) is 76.1 Å². The Morgan fingerprint density at radius 1 is 0.879 bits per heavy atom. The van der Waals surface area contributed by atoms with Gasteiger partial charge in [0.15, 0.2) is 5.13 Å². The molecule has 2 aromatic carbocycles. The van der Waals surface area contributed by atoms with E-state index in [1.807, 2.05) is 24.5 Å². The third-order valence-corrected chi connectivity index (χ3v) is 7.02. The molecule has 0 amide bonds. The maximum Gasteiger partial charge on any atom is 0.183 e. The molecule has 0 radical (unpaired) electrons. The summed E-state index contributed by atoms with van der Waals surface area (Å²) >= 11 is 1.79. The van der Waals surface area contributed by atoms with E-state index in [0.717, 1.165) is 44.3 Å². The zero-order valence-electron chi connectivity index (χ0n) is 18.9. The van der Waals surface area contributed by atoms with E-state index in [9.17, 15) is 0 Å². The summed E-state index contributed by atoms with van der Waals surface area (Å²) in [5, 5.41) is 8.13. The summed E-state index contributed by atoms with van der Waals surface area (Å²) in [6.07, 6.45) is 4.71. The van der Waals surface area contributed by atoms with Crippen LogP contribution in [-0.4, -0.2) is 28.5 Å². The number of hydrogen-bond donors (Lipinski definition) is 2. The van der Waals surface area contributed by atoms with Crippen molar-refractivity contribution in [2.45, 2.75) is 32.6 Å². The molecule has 6 heteroatoms. The van der Waals surface area contributed by atoms with Crippen molar-refractivity contribution in [3.05, 3.63) is 100 Å². The molecule has 0 aliphatic carbocycles. The minimum absolute atomic E-state index is 0.798. The van der Waals surface area contributed by atoms with Crippen LogP contribution in [0.1, 0.15) is 27.3 Å². The molecule has 5 nitrogen and oxygen atoms in total. The molecule has 3 heterocycles. The Bertz CT molecular complexity index is 1190. The molecule has 0 saturated heterocycles. The number of aromatic nitrogens is 2. The first kappa shape index (κ1) is 21.8. The molecule has 2 N–H and O–H groups in total. The molecule has 1 aliphatic heterocycles. The van der Waals surface area contributed by atoms with Gasteiger partial charge in [0, 0.05) is 56.4 Å². The van der Waals surface area contributed by atoms with Crippen LogP contribution in [0.5, 0.6) is 0 Å². The van der Waals surface area contributed by atoms with Gasteiger partial charge in [0.2, 0.25) is 0 Å². The van der Waals surface area contributed by atoms with Gasteiger partial charge < -0.3 is 15.5 Å². The number of thiazole rings is 1. The van der Waals surface area contributed by atoms with Crippen molar-refractivity contribution < 1.29 is 0 Å². The van der Waals surface area contributed by atoms with Crippen LogP contribution in [0.25, 0.3) is 11.1 Å². The third kappa shape index (κ3) is 5.66. The molecule has 168 valence electrons. The van der Waals surface area contributed by atoms with E-state index in [1.165, 1.54) is 38.4 Å². The first-order chi connectivity index (χ1) is 16.2. The number of likely N-dealkylation sites (N-methyl/N-ethyl adjacent to an activating group) is 1. The zero-order valence-corrected chi connectivity index (χ0v) is 19.7. The van der Waals surface area contributed by atoms with Crippen LogP contribution < -0.4 is 10.6 Å². The molecule has 2 aromatic heterocycles. The fraction of sp³-hybridized carbons (Fsp3) is 0.259. The highest BCUT2D eigenvalue weighted by molar-refractivity contribution is 7.15. The van der Waals surface area contributed by atoms with Crippen molar-refractivity contribution in [1.82, 2.24) is 20.2 Å². The monoisotopic (exact) mass is 455 g/mol. The van der Waals surface area contributed by atoms with Crippen LogP contribution in [-0.2, 0) is 32.6 Å². The Hall–Kier alpha value is -3.06. The fourth-order valence-corrected chi connectivity index (χ4v) is 5.22. The lowest BCUT2D eigenvalue weighted by atomic mass is 10.1. The molecule has 0 fully saturated rings. The number of fused-ring (bicyclic) bond motifs is 1. The zero-order chi connectivity index (χ0) is 22.5. The lowest BCUT2D eigenvalue weighted by molar-refractivity contribution is 0.314. The summed E-state index contributed by atoms with van der Waals surface area (Å²) in [5.74, 6) is 0. The quantitative estimate of drug-likeness (QED) is 0.387. The average Bonchev–Trinajstić information content (AvgIpc) is 3.26. The smallest absolute Gasteiger partial charge is 0.183 e. The second-order valence-corrected chi connectivity index (χ2v) is 9.67. The van der Waals surface area contributed by atoms with Gasteiger partial charge in [-0.15, -0.1) is 11.3 Å². The van der Waals surface area contributed by atoms with Crippen LogP contribution in [0.15, 0.2) is 73.1 Å². The lowest BCUT2D eigenvalue weighted by Crippen LogP contribution is -2.25. The van der Waals surface area contributed by atoms with Crippen molar-refractivity contribution >= 4 is 16.5 Å². The molecule has 33 heavy (non-hydrogen) atoms. The maximum absolute atomic E-state index is 4.80. The number of nitrogens with zero attached hydrogens (tertiary/aromatic N) is 3. The van der Waals surface area contributed by atoms with E-state index in [1.54, 1.807) is 11.3 Å². The Labute approximate surface area is 199 Å². The Morgan fingerprint density at radius 2 is 1.61 bits per heavy atom. The van der Waals surface area contributed by atoms with Crippen LogP contribution in [0, 0.1) is 0 Å². The molecule has 4 aromatic rings. The molecule has 0 saturated carbocycles. The molecular weight excluding hydrogens is 426 g/mol. The van der Waals surface area contributed by atoms with E-state index in [-0.39, 0.29) is 0 Å². The SMILES string of the molecule is CN1CCc2nc(NCc3cccc(CNCc4ccc(-c5ccncc5)cc4)c3)sc2C1. The van der Waals surface area contributed by atoms with Crippen molar-refractivity contribution in [2.24, 2.45) is 0 Å². The van der Waals surface area contributed by atoms with E-state index in [4.69, 9.17) is 4.98 Å². The van der Waals surface area contributed by atoms with E-state index >= 15 is 0 Å². The maximum atomic E-state index is 4.80. The Morgan fingerprint density at radius 3 is 2.42 bits per heavy atom. The number of anilines is 1. The number of pyridine rings is 1. The summed E-state index contributed by atoms with van der Waals surface area (Å²) in [4.78, 5) is 12.6. The minimum atomic E-state index is 0.798. The van der Waals surface area contributed by atoms with Gasteiger partial charge in [0.1, 0.15) is 0 Å². The van der Waals surface area contributed by atoms with Gasteiger partial charge in [-0.05, 0) is 47.0 Å². The van der Waals surface area contributed by atoms with Crippen molar-refractivity contribution in [2.75, 3.05) is 18.9 Å². The topological polar surface area (TPSA) is 53.1 Å². The summed E-state index contributed by atoms with van der Waals surface area (Å²) in [7, 11) is 2.17. The van der Waals surface area contributed by atoms with Gasteiger partial charge in [0.05, 0.1) is 5.69 Å². The first-order valence-electron chi connectivity index (χ1n) is 11.4. The van der Waals surface area contributed by atoms with Crippen molar-refractivity contribution in [3.63, 3.8) is 0 Å². The first-order valence-corrected chi connectivity index (χ1v) is 12.2. The van der Waals surface area contributed by atoms with Crippen LogP contribution in [0.2, 0.25) is 0 Å². The molecule has 5 rings (SSSR count). The van der Waals surface area contributed by atoms with Gasteiger partial charge in [0.25, 0.3) is 0 Å². The van der Waals surface area contributed by atoms with Crippen molar-refractivity contribution in [3.8, 4) is 11.1 Å². The highest BCUT2D eigenvalue weighted by Crippen LogP contribution is 2.28. The standard InChI is InChI=1S/C27H29N5S/c1-32-14-11-25-26(19-32)33-27(31-25)30-18-22-4-2-3-21(15-22)17-29-16-20-5-7-23(8-6-20)24-9-12-28-13-10-24/h2-10,12-13,15,29H,11,14,16-19H2,1H3,(H,30,31). The Balaban J connectivity index is 1.12. The summed E-state index contributed by atoms with van der Waals surface area (Å²) in [5.41, 5.74) is 7.54. The predicted octanol–water partition coefficient (Wildman–Crippen LogP) is 5.09. The number of hydrogen-bond acceptors (Lipinski definition) is 6. The molecule has 0 bridgehead atoms. The molecule has 0 spiro atoms. The van der Waals surface area contributed by atoms with E-state index in [0.29, 0.717) is 0 Å². The lowest BCUT2D eigenvalue weighted by Gasteiger charge is -2.20. The van der Waals surface area contributed by atoms with E-state index < -0.39 is 0 Å². The minimum Gasteiger partial charge on any atom is -0.357 e. The van der Waals surface area contributed by atoms with Gasteiger partial charge in [-0.25, -0.2) is 4.98 Å². The normalized spacial score (nSPS) is 13.6. The summed E-state index contributed by atoms with van der Waals surface area (Å²) < 4.78 is 0. The van der Waals surface area contributed by atoms with Crippen molar-refractivity contribution in [1.29, 1.82) is 0 Å². The second kappa shape index (κ2) is 10.3. The molecule has 1 aliphatic rings. The van der Waals surface area contributed by atoms with Crippen LogP contribution in [0.4, 0.5) is 5.13 Å². The van der Waals surface area contributed by atoms with Gasteiger partial charge in [-0.3, -0.25) is 4.98 Å². The summed E-state index contributed by atoms with van der Waals surface area (Å²) in [6, 6.07) is 21.6. The number of benzene rings is 2. The molecular formula is C27H29N5S. The number of rotatable bonds is 8. The average molecular weight is 456 g/mol. The fourth-order valence-electron chi connectivity index (χ4n) is 4.14. The predicted molar refractivity (Wildman–Crippen MR) is 136 cm³/mol. The Kier molecular flexibility index (Phi) is 6.76. The van der Waals surface area contributed by atoms with Gasteiger partial charge in [-0.2, -0.15) is 0 Å². The van der Waals surface area contributed by atoms with Gasteiger partial charge >= 0.3 is 0 Å². The summed E-state index contributed by atoms with van der Waals surface area (Å²) in [6.45, 7) is 4.60. The number of nitrogens with one attached hydrogen (secondary N) is 2. The third-order valence-electron chi connectivity index (χ3n) is 5.98. The highest BCUT2D eigenvalue weighted by Gasteiger charge is 2.18. The van der Waals surface area contributed by atoms with Crippen LogP contribution >= 0.6 is 11.3 Å². The van der Waals surface area contributed by atoms with Crippen LogP contribution in [0.3, 0.4) is 0 Å². The second-order valence-electron chi connectivity index (χ2n) is 8.59. The highest BCUT2D eigenvalue weighted by atomic mass is 32.1. The molecule has 0 unspecified atom stereocenters.